The van der Waals surface area contributed by atoms with Gasteiger partial charge in [0.25, 0.3) is 5.91 Å². The smallest absolute Gasteiger partial charge is 0.420 e. The number of hydrogen-bond acceptors (Lipinski definition) is 3. The van der Waals surface area contributed by atoms with Crippen LogP contribution in [-0.4, -0.2) is 21.3 Å². The number of halogens is 4. The number of alkyl halides is 3. The number of pyridine rings is 1. The molecule has 1 N–H and O–H groups in total. The van der Waals surface area contributed by atoms with Crippen LogP contribution in [0, 0.1) is 0 Å². The van der Waals surface area contributed by atoms with E-state index < -0.39 is 23.3 Å². The highest BCUT2D eigenvalue weighted by atomic mass is 35.5. The second kappa shape index (κ2) is 7.16. The van der Waals surface area contributed by atoms with E-state index in [1.807, 2.05) is 30.3 Å². The maximum absolute atomic E-state index is 13.7. The fourth-order valence-corrected chi connectivity index (χ4v) is 3.96. The summed E-state index contributed by atoms with van der Waals surface area (Å²) >= 11 is 6.31. The van der Waals surface area contributed by atoms with Crippen LogP contribution in [0.1, 0.15) is 34.0 Å². The van der Waals surface area contributed by atoms with Gasteiger partial charge in [-0.15, -0.1) is 0 Å². The highest BCUT2D eigenvalue weighted by molar-refractivity contribution is 6.33. The van der Waals surface area contributed by atoms with E-state index in [1.54, 1.807) is 6.07 Å². The van der Waals surface area contributed by atoms with Gasteiger partial charge in [0.15, 0.2) is 11.3 Å². The average molecular weight is 446 g/mol. The third kappa shape index (κ3) is 3.57. The molecule has 5 nitrogen and oxygen atoms in total. The first-order chi connectivity index (χ1) is 14.8. The van der Waals surface area contributed by atoms with Crippen molar-refractivity contribution in [2.45, 2.75) is 24.6 Å². The minimum absolute atomic E-state index is 0.114. The summed E-state index contributed by atoms with van der Waals surface area (Å²) in [5.41, 5.74) is -0.425. The summed E-state index contributed by atoms with van der Waals surface area (Å²) in [6.07, 6.45) is -1.21. The highest BCUT2D eigenvalue weighted by Gasteiger charge is 2.41. The fraction of sp³-hybridized carbons (Fsp3) is 0.182. The lowest BCUT2D eigenvalue weighted by molar-refractivity contribution is -0.136. The van der Waals surface area contributed by atoms with Gasteiger partial charge in [-0.2, -0.15) is 13.2 Å². The number of furan rings is 1. The molecule has 1 aliphatic carbocycles. The van der Waals surface area contributed by atoms with E-state index >= 15 is 0 Å². The molecule has 158 valence electrons. The Morgan fingerprint density at radius 3 is 2.65 bits per heavy atom. The van der Waals surface area contributed by atoms with Gasteiger partial charge in [-0.05, 0) is 30.2 Å². The van der Waals surface area contributed by atoms with Gasteiger partial charge < -0.3 is 9.73 Å². The van der Waals surface area contributed by atoms with E-state index in [4.69, 9.17) is 16.0 Å². The summed E-state index contributed by atoms with van der Waals surface area (Å²) in [7, 11) is 0. The Bertz CT molecular complexity index is 1270. The molecule has 1 saturated carbocycles. The van der Waals surface area contributed by atoms with Crippen molar-refractivity contribution in [2.75, 3.05) is 0 Å². The van der Waals surface area contributed by atoms with Gasteiger partial charge in [0, 0.05) is 23.7 Å². The molecule has 31 heavy (non-hydrogen) atoms. The first kappa shape index (κ1) is 19.7. The summed E-state index contributed by atoms with van der Waals surface area (Å²) in [6.45, 7) is 0. The van der Waals surface area contributed by atoms with Crippen LogP contribution in [0.5, 0.6) is 0 Å². The molecule has 0 bridgehead atoms. The Balaban J connectivity index is 1.50. The molecule has 5 rings (SSSR count). The van der Waals surface area contributed by atoms with Crippen molar-refractivity contribution in [1.29, 1.82) is 0 Å². The number of aromatic nitrogens is 2. The van der Waals surface area contributed by atoms with Crippen molar-refractivity contribution in [3.63, 3.8) is 0 Å². The van der Waals surface area contributed by atoms with Crippen LogP contribution >= 0.6 is 11.6 Å². The first-order valence-corrected chi connectivity index (χ1v) is 9.89. The summed E-state index contributed by atoms with van der Waals surface area (Å²) in [6, 6.07) is 13.6. The van der Waals surface area contributed by atoms with Crippen molar-refractivity contribution in [2.24, 2.45) is 0 Å². The normalized spacial score (nSPS) is 18.3. The molecule has 0 aliphatic heterocycles. The highest BCUT2D eigenvalue weighted by Crippen LogP contribution is 2.41. The van der Waals surface area contributed by atoms with Crippen LogP contribution in [-0.2, 0) is 6.18 Å². The SMILES string of the molecule is O=C(NC1CC1c1ccccc1)c1nc2c(C(F)(F)F)cc(-c3ccco3)cn2c1Cl. The van der Waals surface area contributed by atoms with E-state index in [-0.39, 0.29) is 34.1 Å². The molecular formula is C22H15ClF3N3O2. The summed E-state index contributed by atoms with van der Waals surface area (Å²) in [4.78, 5) is 16.7. The molecule has 1 fully saturated rings. The molecule has 4 aromatic rings. The maximum Gasteiger partial charge on any atom is 0.420 e. The fourth-order valence-electron chi connectivity index (χ4n) is 3.71. The molecule has 1 amide bonds. The zero-order valence-electron chi connectivity index (χ0n) is 15.9. The van der Waals surface area contributed by atoms with Gasteiger partial charge >= 0.3 is 6.18 Å². The van der Waals surface area contributed by atoms with E-state index in [2.05, 4.69) is 10.3 Å². The maximum atomic E-state index is 13.7. The minimum atomic E-state index is -4.69. The minimum Gasteiger partial charge on any atom is -0.464 e. The summed E-state index contributed by atoms with van der Waals surface area (Å²) < 4.78 is 47.4. The second-order valence-corrected chi connectivity index (χ2v) is 7.75. The average Bonchev–Trinajstić information content (AvgIpc) is 3.14. The van der Waals surface area contributed by atoms with Gasteiger partial charge in [0.05, 0.1) is 11.8 Å². The van der Waals surface area contributed by atoms with Crippen LogP contribution < -0.4 is 5.32 Å². The van der Waals surface area contributed by atoms with Crippen molar-refractivity contribution >= 4 is 23.2 Å². The quantitative estimate of drug-likeness (QED) is 0.448. The number of nitrogens with one attached hydrogen (secondary N) is 1. The van der Waals surface area contributed by atoms with Crippen LogP contribution in [0.25, 0.3) is 17.0 Å². The number of carbonyl (C=O) groups excluding carboxylic acids is 1. The molecule has 3 heterocycles. The summed E-state index contributed by atoms with van der Waals surface area (Å²) in [5.74, 6) is -0.200. The van der Waals surface area contributed by atoms with Crippen LogP contribution in [0.3, 0.4) is 0 Å². The lowest BCUT2D eigenvalue weighted by Gasteiger charge is -2.10. The third-order valence-electron chi connectivity index (χ3n) is 5.32. The molecule has 3 aromatic heterocycles. The van der Waals surface area contributed by atoms with Crippen LogP contribution in [0.4, 0.5) is 13.2 Å². The number of imidazole rings is 1. The number of fused-ring (bicyclic) bond motifs is 1. The zero-order valence-corrected chi connectivity index (χ0v) is 16.6. The standard InChI is InChI=1S/C22H15ClF3N3O2/c23-19-18(21(30)27-16-10-14(16)12-5-2-1-3-6-12)28-20-15(22(24,25)26)9-13(11-29(19)20)17-7-4-8-31-17/h1-9,11,14,16H,10H2,(H,27,30). The molecule has 9 heteroatoms. The molecule has 2 atom stereocenters. The Hall–Kier alpha value is -3.26. The first-order valence-electron chi connectivity index (χ1n) is 9.51. The molecule has 0 radical (unpaired) electrons. The molecule has 0 saturated heterocycles. The Morgan fingerprint density at radius 1 is 1.19 bits per heavy atom. The van der Waals surface area contributed by atoms with E-state index in [9.17, 15) is 18.0 Å². The van der Waals surface area contributed by atoms with E-state index in [0.29, 0.717) is 0 Å². The number of amides is 1. The van der Waals surface area contributed by atoms with Crippen molar-refractivity contribution < 1.29 is 22.4 Å². The molecular weight excluding hydrogens is 431 g/mol. The summed E-state index contributed by atoms with van der Waals surface area (Å²) in [5, 5.41) is 2.63. The molecule has 0 spiro atoms. The van der Waals surface area contributed by atoms with Crippen LogP contribution in [0.2, 0.25) is 5.15 Å². The number of hydrogen-bond donors (Lipinski definition) is 1. The van der Waals surface area contributed by atoms with E-state index in [0.717, 1.165) is 22.5 Å². The van der Waals surface area contributed by atoms with Crippen molar-refractivity contribution in [1.82, 2.24) is 14.7 Å². The number of rotatable bonds is 4. The van der Waals surface area contributed by atoms with Gasteiger partial charge in [-0.1, -0.05) is 41.9 Å². The second-order valence-electron chi connectivity index (χ2n) is 7.40. The van der Waals surface area contributed by atoms with Gasteiger partial charge in [0.2, 0.25) is 0 Å². The Labute approximate surface area is 179 Å². The zero-order chi connectivity index (χ0) is 21.8. The third-order valence-corrected chi connectivity index (χ3v) is 5.68. The Morgan fingerprint density at radius 2 is 1.97 bits per heavy atom. The molecule has 1 aliphatic rings. The molecule has 2 unspecified atom stereocenters. The monoisotopic (exact) mass is 445 g/mol. The lowest BCUT2D eigenvalue weighted by atomic mass is 10.1. The predicted molar refractivity (Wildman–Crippen MR) is 108 cm³/mol. The number of nitrogens with zero attached hydrogens (tertiary/aromatic N) is 2. The van der Waals surface area contributed by atoms with E-state index in [1.165, 1.54) is 18.5 Å². The lowest BCUT2D eigenvalue weighted by Crippen LogP contribution is -2.27. The van der Waals surface area contributed by atoms with Crippen molar-refractivity contribution in [3.05, 3.63) is 83.0 Å². The van der Waals surface area contributed by atoms with Crippen LogP contribution in [0.15, 0.2) is 65.4 Å². The van der Waals surface area contributed by atoms with Crippen molar-refractivity contribution in [3.8, 4) is 11.3 Å². The largest absolute Gasteiger partial charge is 0.464 e. The Kier molecular flexibility index (Phi) is 4.55. The molecule has 1 aromatic carbocycles. The number of carbonyl (C=O) groups is 1. The van der Waals surface area contributed by atoms with Gasteiger partial charge in [0.1, 0.15) is 10.9 Å². The van der Waals surface area contributed by atoms with Gasteiger partial charge in [-0.3, -0.25) is 9.20 Å². The topological polar surface area (TPSA) is 59.5 Å². The van der Waals surface area contributed by atoms with Gasteiger partial charge in [-0.25, -0.2) is 4.98 Å². The predicted octanol–water partition coefficient (Wildman–Crippen LogP) is 5.55. The number of benzene rings is 1.